The summed E-state index contributed by atoms with van der Waals surface area (Å²) in [6, 6.07) is 3.44. The molecule has 0 unspecified atom stereocenters. The number of halogens is 5. The minimum Gasteiger partial charge on any atom is -0.298 e. The SMILES string of the molecule is O=C(Nc1nc(C(F)(F)F)cs1)c1cc(F)ccc1Br. The minimum absolute atomic E-state index is 0.0336. The lowest BCUT2D eigenvalue weighted by Crippen LogP contribution is -2.13. The van der Waals surface area contributed by atoms with Gasteiger partial charge in [-0.3, -0.25) is 10.1 Å². The van der Waals surface area contributed by atoms with Crippen molar-refractivity contribution >= 4 is 38.3 Å². The van der Waals surface area contributed by atoms with E-state index in [1.807, 2.05) is 0 Å². The lowest BCUT2D eigenvalue weighted by atomic mass is 10.2. The van der Waals surface area contributed by atoms with Crippen molar-refractivity contribution < 1.29 is 22.4 Å². The van der Waals surface area contributed by atoms with Crippen molar-refractivity contribution in [1.29, 1.82) is 0 Å². The standard InChI is InChI=1S/C11H5BrF4N2OS/c12-7-2-1-5(13)3-6(7)9(19)18-10-17-8(4-20-10)11(14,15)16/h1-4H,(H,17,18,19). The molecule has 0 aliphatic heterocycles. The Kier molecular flexibility index (Phi) is 4.09. The van der Waals surface area contributed by atoms with Crippen LogP contribution in [0.1, 0.15) is 16.1 Å². The molecule has 2 aromatic rings. The third kappa shape index (κ3) is 3.34. The highest BCUT2D eigenvalue weighted by molar-refractivity contribution is 9.10. The first-order valence-corrected chi connectivity index (χ1v) is 6.74. The molecule has 0 saturated heterocycles. The first-order chi connectivity index (χ1) is 9.27. The van der Waals surface area contributed by atoms with Crippen molar-refractivity contribution in [2.45, 2.75) is 6.18 Å². The minimum atomic E-state index is -4.57. The third-order valence-electron chi connectivity index (χ3n) is 2.19. The molecule has 0 radical (unpaired) electrons. The second kappa shape index (κ2) is 5.49. The maximum Gasteiger partial charge on any atom is 0.434 e. The Morgan fingerprint density at radius 2 is 2.05 bits per heavy atom. The fraction of sp³-hybridized carbons (Fsp3) is 0.0909. The highest BCUT2D eigenvalue weighted by atomic mass is 79.9. The molecule has 0 spiro atoms. The van der Waals surface area contributed by atoms with Gasteiger partial charge in [-0.2, -0.15) is 13.2 Å². The monoisotopic (exact) mass is 368 g/mol. The van der Waals surface area contributed by atoms with Gasteiger partial charge in [-0.25, -0.2) is 9.37 Å². The summed E-state index contributed by atoms with van der Waals surface area (Å²) >= 11 is 3.69. The molecule has 0 aliphatic carbocycles. The number of alkyl halides is 3. The Labute approximate surface area is 122 Å². The van der Waals surface area contributed by atoms with Crippen molar-refractivity contribution in [3.8, 4) is 0 Å². The van der Waals surface area contributed by atoms with Crippen LogP contribution in [0.2, 0.25) is 0 Å². The Hall–Kier alpha value is -1.48. The second-order valence-electron chi connectivity index (χ2n) is 3.61. The number of thiazole rings is 1. The van der Waals surface area contributed by atoms with Gasteiger partial charge in [0.05, 0.1) is 5.56 Å². The molecule has 3 nitrogen and oxygen atoms in total. The van der Waals surface area contributed by atoms with E-state index < -0.39 is 23.6 Å². The van der Waals surface area contributed by atoms with Crippen LogP contribution >= 0.6 is 27.3 Å². The van der Waals surface area contributed by atoms with Gasteiger partial charge < -0.3 is 0 Å². The van der Waals surface area contributed by atoms with E-state index in [0.29, 0.717) is 15.8 Å². The number of carbonyl (C=O) groups excluding carboxylic acids is 1. The second-order valence-corrected chi connectivity index (χ2v) is 5.33. The van der Waals surface area contributed by atoms with Crippen molar-refractivity contribution in [1.82, 2.24) is 4.98 Å². The molecule has 2 rings (SSSR count). The number of nitrogens with one attached hydrogen (secondary N) is 1. The normalized spacial score (nSPS) is 11.4. The zero-order chi connectivity index (χ0) is 14.9. The molecule has 0 atom stereocenters. The number of hydrogen-bond donors (Lipinski definition) is 1. The Balaban J connectivity index is 2.20. The van der Waals surface area contributed by atoms with Gasteiger partial charge in [-0.1, -0.05) is 0 Å². The molecule has 0 fully saturated rings. The maximum atomic E-state index is 13.0. The number of anilines is 1. The van der Waals surface area contributed by atoms with E-state index in [4.69, 9.17) is 0 Å². The Morgan fingerprint density at radius 3 is 2.65 bits per heavy atom. The smallest absolute Gasteiger partial charge is 0.298 e. The molecule has 1 heterocycles. The molecule has 9 heteroatoms. The van der Waals surface area contributed by atoms with Crippen LogP contribution in [0.5, 0.6) is 0 Å². The van der Waals surface area contributed by atoms with E-state index in [2.05, 4.69) is 26.2 Å². The van der Waals surface area contributed by atoms with Crippen molar-refractivity contribution in [3.05, 3.63) is 45.1 Å². The lowest BCUT2D eigenvalue weighted by Gasteiger charge is -2.04. The molecule has 106 valence electrons. The summed E-state index contributed by atoms with van der Waals surface area (Å²) in [7, 11) is 0. The molecule has 1 N–H and O–H groups in total. The molecule has 0 aliphatic rings. The lowest BCUT2D eigenvalue weighted by molar-refractivity contribution is -0.140. The van der Waals surface area contributed by atoms with Gasteiger partial charge in [0.15, 0.2) is 10.8 Å². The molecular weight excluding hydrogens is 364 g/mol. The summed E-state index contributed by atoms with van der Waals surface area (Å²) in [5, 5.41) is 2.77. The van der Waals surface area contributed by atoms with Gasteiger partial charge in [-0.05, 0) is 34.1 Å². The number of amides is 1. The van der Waals surface area contributed by atoms with E-state index in [-0.39, 0.29) is 10.7 Å². The van der Waals surface area contributed by atoms with Gasteiger partial charge in [0.1, 0.15) is 5.82 Å². The average molecular weight is 369 g/mol. The summed E-state index contributed by atoms with van der Waals surface area (Å²) in [4.78, 5) is 15.1. The van der Waals surface area contributed by atoms with Crippen LogP contribution in [0, 0.1) is 5.82 Å². The fourth-order valence-electron chi connectivity index (χ4n) is 1.30. The number of aromatic nitrogens is 1. The Morgan fingerprint density at radius 1 is 1.35 bits per heavy atom. The van der Waals surface area contributed by atoms with Gasteiger partial charge in [0.25, 0.3) is 5.91 Å². The van der Waals surface area contributed by atoms with Crippen molar-refractivity contribution in [2.24, 2.45) is 0 Å². The van der Waals surface area contributed by atoms with Crippen LogP contribution in [0.15, 0.2) is 28.1 Å². The van der Waals surface area contributed by atoms with Crippen LogP contribution in [0.4, 0.5) is 22.7 Å². The number of benzene rings is 1. The van der Waals surface area contributed by atoms with Crippen LogP contribution < -0.4 is 5.32 Å². The van der Waals surface area contributed by atoms with Gasteiger partial charge in [-0.15, -0.1) is 11.3 Å². The van der Waals surface area contributed by atoms with Crippen molar-refractivity contribution in [2.75, 3.05) is 5.32 Å². The summed E-state index contributed by atoms with van der Waals surface area (Å²) < 4.78 is 50.4. The predicted molar refractivity (Wildman–Crippen MR) is 69.2 cm³/mol. The zero-order valence-corrected chi connectivity index (χ0v) is 11.9. The molecule has 20 heavy (non-hydrogen) atoms. The van der Waals surface area contributed by atoms with Gasteiger partial charge in [0.2, 0.25) is 0 Å². The summed E-state index contributed by atoms with van der Waals surface area (Å²) in [5.74, 6) is -1.38. The summed E-state index contributed by atoms with van der Waals surface area (Å²) in [6.07, 6.45) is -4.57. The zero-order valence-electron chi connectivity index (χ0n) is 9.46. The largest absolute Gasteiger partial charge is 0.434 e. The van der Waals surface area contributed by atoms with Gasteiger partial charge in [0, 0.05) is 9.85 Å². The first kappa shape index (κ1) is 14.9. The van der Waals surface area contributed by atoms with E-state index in [0.717, 1.165) is 17.5 Å². The summed E-state index contributed by atoms with van der Waals surface area (Å²) in [6.45, 7) is 0. The molecule has 0 bridgehead atoms. The highest BCUT2D eigenvalue weighted by Crippen LogP contribution is 2.31. The van der Waals surface area contributed by atoms with Crippen LogP contribution in [0.3, 0.4) is 0 Å². The first-order valence-electron chi connectivity index (χ1n) is 5.06. The quantitative estimate of drug-likeness (QED) is 0.802. The number of nitrogens with zero attached hydrogens (tertiary/aromatic N) is 1. The van der Waals surface area contributed by atoms with Crippen molar-refractivity contribution in [3.63, 3.8) is 0 Å². The molecule has 1 aromatic carbocycles. The topological polar surface area (TPSA) is 42.0 Å². The molecule has 0 saturated carbocycles. The van der Waals surface area contributed by atoms with E-state index in [9.17, 15) is 22.4 Å². The predicted octanol–water partition coefficient (Wildman–Crippen LogP) is 4.32. The highest BCUT2D eigenvalue weighted by Gasteiger charge is 2.34. The maximum absolute atomic E-state index is 13.0. The number of rotatable bonds is 2. The Bertz CT molecular complexity index is 656. The van der Waals surface area contributed by atoms with E-state index in [1.165, 1.54) is 6.07 Å². The third-order valence-corrected chi connectivity index (χ3v) is 3.64. The molecular formula is C11H5BrF4N2OS. The van der Waals surface area contributed by atoms with E-state index >= 15 is 0 Å². The number of carbonyl (C=O) groups is 1. The summed E-state index contributed by atoms with van der Waals surface area (Å²) in [5.41, 5.74) is -1.12. The van der Waals surface area contributed by atoms with E-state index in [1.54, 1.807) is 0 Å². The fourth-order valence-corrected chi connectivity index (χ4v) is 2.44. The number of hydrogen-bond acceptors (Lipinski definition) is 3. The van der Waals surface area contributed by atoms with Gasteiger partial charge >= 0.3 is 6.18 Å². The van der Waals surface area contributed by atoms with Crippen LogP contribution in [0.25, 0.3) is 0 Å². The van der Waals surface area contributed by atoms with Crippen LogP contribution in [-0.4, -0.2) is 10.9 Å². The molecule has 1 amide bonds. The average Bonchev–Trinajstić information content (AvgIpc) is 2.80. The molecule has 1 aromatic heterocycles. The van der Waals surface area contributed by atoms with Crippen LogP contribution in [-0.2, 0) is 6.18 Å².